The van der Waals surface area contributed by atoms with Gasteiger partial charge in [-0.25, -0.2) is 0 Å². The minimum absolute atomic E-state index is 0.0217. The van der Waals surface area contributed by atoms with Gasteiger partial charge in [0.1, 0.15) is 0 Å². The van der Waals surface area contributed by atoms with E-state index in [9.17, 15) is 4.79 Å². The number of benzene rings is 2. The quantitative estimate of drug-likeness (QED) is 0.523. The lowest BCUT2D eigenvalue weighted by Crippen LogP contribution is -2.33. The number of rotatable bonds is 2. The average molecular weight is 401 g/mol. The van der Waals surface area contributed by atoms with Crippen molar-refractivity contribution in [2.45, 2.75) is 37.5 Å². The molecule has 0 saturated heterocycles. The van der Waals surface area contributed by atoms with Crippen LogP contribution >= 0.6 is 11.8 Å². The van der Waals surface area contributed by atoms with E-state index >= 15 is 0 Å². The highest BCUT2D eigenvalue weighted by molar-refractivity contribution is 7.98. The summed E-state index contributed by atoms with van der Waals surface area (Å²) in [6.45, 7) is 4.36. The molecule has 0 radical (unpaired) electrons. The van der Waals surface area contributed by atoms with Gasteiger partial charge in [0.2, 0.25) is 0 Å². The summed E-state index contributed by atoms with van der Waals surface area (Å²) in [6, 6.07) is 16.9. The fourth-order valence-electron chi connectivity index (χ4n) is 4.81. The highest BCUT2D eigenvalue weighted by Crippen LogP contribution is 2.50. The molecular weight excluding hydrogens is 376 g/mol. The fraction of sp³-hybridized carbons (Fsp3) is 0.280. The maximum Gasteiger partial charge on any atom is 0.162 e. The smallest absolute Gasteiger partial charge is 0.162 e. The second kappa shape index (κ2) is 6.74. The van der Waals surface area contributed by atoms with Crippen LogP contribution in [-0.2, 0) is 4.79 Å². The van der Waals surface area contributed by atoms with Crippen molar-refractivity contribution in [2.75, 3.05) is 11.6 Å². The number of ketones is 1. The summed E-state index contributed by atoms with van der Waals surface area (Å²) in [7, 11) is 0. The number of hydrogen-bond donors (Lipinski definition) is 1. The van der Waals surface area contributed by atoms with Crippen molar-refractivity contribution in [1.29, 1.82) is 0 Å². The Morgan fingerprint density at radius 2 is 1.86 bits per heavy atom. The Morgan fingerprint density at radius 1 is 1.07 bits per heavy atom. The van der Waals surface area contributed by atoms with Crippen molar-refractivity contribution in [3.63, 3.8) is 0 Å². The molecule has 1 aromatic heterocycles. The molecule has 29 heavy (non-hydrogen) atoms. The number of hydrogen-bond acceptors (Lipinski definition) is 4. The molecule has 0 amide bonds. The number of nitrogens with zero attached hydrogens (tertiary/aromatic N) is 1. The average Bonchev–Trinajstić information content (AvgIpc) is 2.71. The van der Waals surface area contributed by atoms with E-state index in [4.69, 9.17) is 0 Å². The minimum atomic E-state index is -0.0614. The van der Waals surface area contributed by atoms with Crippen LogP contribution in [0.3, 0.4) is 0 Å². The Hall–Kier alpha value is -2.59. The van der Waals surface area contributed by atoms with Gasteiger partial charge in [0.15, 0.2) is 5.78 Å². The summed E-state index contributed by atoms with van der Waals surface area (Å²) in [6.07, 6.45) is 5.39. The van der Waals surface area contributed by atoms with Gasteiger partial charge in [-0.05, 0) is 59.6 Å². The van der Waals surface area contributed by atoms with Gasteiger partial charge in [0, 0.05) is 45.8 Å². The molecule has 0 spiro atoms. The van der Waals surface area contributed by atoms with Crippen LogP contribution in [0, 0.1) is 5.41 Å². The molecule has 0 fully saturated rings. The largest absolute Gasteiger partial charge is 0.358 e. The van der Waals surface area contributed by atoms with Gasteiger partial charge >= 0.3 is 0 Å². The topological polar surface area (TPSA) is 42.0 Å². The monoisotopic (exact) mass is 400 g/mol. The minimum Gasteiger partial charge on any atom is -0.358 e. The lowest BCUT2D eigenvalue weighted by Gasteiger charge is -2.40. The molecule has 2 aliphatic rings. The maximum absolute atomic E-state index is 13.4. The molecule has 1 N–H and O–H groups in total. The summed E-state index contributed by atoms with van der Waals surface area (Å²) in [5.74, 6) is 0.197. The van der Waals surface area contributed by atoms with E-state index in [1.54, 1.807) is 11.8 Å². The first-order chi connectivity index (χ1) is 14.0. The van der Waals surface area contributed by atoms with E-state index in [-0.39, 0.29) is 17.1 Å². The molecule has 4 heteroatoms. The molecule has 0 bridgehead atoms. The summed E-state index contributed by atoms with van der Waals surface area (Å²) < 4.78 is 0. The summed E-state index contributed by atoms with van der Waals surface area (Å²) >= 11 is 1.73. The van der Waals surface area contributed by atoms with Crippen LogP contribution in [0.15, 0.2) is 70.9 Å². The second-order valence-corrected chi connectivity index (χ2v) is 9.64. The molecule has 2 heterocycles. The summed E-state index contributed by atoms with van der Waals surface area (Å²) in [5.41, 5.74) is 6.39. The number of carbonyl (C=O) groups excluding carboxylic acids is 1. The van der Waals surface area contributed by atoms with Crippen LogP contribution < -0.4 is 5.32 Å². The molecule has 0 saturated carbocycles. The fourth-order valence-corrected chi connectivity index (χ4v) is 5.22. The van der Waals surface area contributed by atoms with Crippen LogP contribution in [0.1, 0.15) is 43.7 Å². The zero-order chi connectivity index (χ0) is 20.2. The Morgan fingerprint density at radius 3 is 2.62 bits per heavy atom. The van der Waals surface area contributed by atoms with Crippen molar-refractivity contribution < 1.29 is 4.79 Å². The number of carbonyl (C=O) groups is 1. The van der Waals surface area contributed by atoms with E-state index in [0.29, 0.717) is 6.42 Å². The van der Waals surface area contributed by atoms with Crippen LogP contribution in [0.2, 0.25) is 0 Å². The molecule has 146 valence electrons. The molecule has 1 aliphatic carbocycles. The predicted molar refractivity (Wildman–Crippen MR) is 120 cm³/mol. The Balaban J connectivity index is 1.79. The highest BCUT2D eigenvalue weighted by Gasteiger charge is 2.41. The van der Waals surface area contributed by atoms with Crippen molar-refractivity contribution in [2.24, 2.45) is 5.41 Å². The lowest BCUT2D eigenvalue weighted by atomic mass is 9.68. The molecule has 2 aromatic carbocycles. The van der Waals surface area contributed by atoms with E-state index in [0.717, 1.165) is 34.3 Å². The first kappa shape index (κ1) is 18.4. The molecule has 1 unspecified atom stereocenters. The number of anilines is 1. The van der Waals surface area contributed by atoms with Gasteiger partial charge < -0.3 is 5.32 Å². The van der Waals surface area contributed by atoms with Crippen molar-refractivity contribution in [3.8, 4) is 0 Å². The second-order valence-electron chi connectivity index (χ2n) is 8.76. The van der Waals surface area contributed by atoms with Crippen molar-refractivity contribution >= 4 is 34.1 Å². The third-order valence-corrected chi connectivity index (χ3v) is 6.80. The van der Waals surface area contributed by atoms with Gasteiger partial charge in [-0.2, -0.15) is 0 Å². The number of aromatic nitrogens is 1. The zero-order valence-electron chi connectivity index (χ0n) is 17.0. The number of pyridine rings is 1. The molecule has 3 nitrogen and oxygen atoms in total. The van der Waals surface area contributed by atoms with Gasteiger partial charge in [0.25, 0.3) is 0 Å². The van der Waals surface area contributed by atoms with Gasteiger partial charge in [0.05, 0.1) is 5.52 Å². The standard InChI is InChI=1S/C25H24N2OS/c1-25(2)13-20-24(21(28)14-25)22(15-6-8-16(29-3)9-7-15)23-17-5-4-12-26-18(17)10-11-19(23)27-20/h4-12,22,27H,13-14H2,1-3H3. The number of allylic oxidation sites excluding steroid dienone is 2. The Bertz CT molecular complexity index is 1160. The number of Topliss-reactive ketones (excluding diaryl/α,β-unsaturated/α-hetero) is 1. The summed E-state index contributed by atoms with van der Waals surface area (Å²) in [5, 5.41) is 4.74. The molecule has 3 aromatic rings. The first-order valence-electron chi connectivity index (χ1n) is 10.0. The van der Waals surface area contributed by atoms with Crippen molar-refractivity contribution in [3.05, 3.63) is 77.1 Å². The maximum atomic E-state index is 13.4. The number of thioether (sulfide) groups is 1. The SMILES string of the molecule is CSc1ccc(C2C3=C(CC(C)(C)CC3=O)Nc3ccc4ncccc4c32)cc1. The van der Waals surface area contributed by atoms with Crippen LogP contribution in [-0.4, -0.2) is 17.0 Å². The number of fused-ring (bicyclic) bond motifs is 3. The Labute approximate surface area is 175 Å². The normalized spacial score (nSPS) is 20.2. The molecule has 5 rings (SSSR count). The van der Waals surface area contributed by atoms with Crippen LogP contribution in [0.4, 0.5) is 5.69 Å². The Kier molecular flexibility index (Phi) is 4.28. The van der Waals surface area contributed by atoms with E-state index in [1.807, 2.05) is 12.3 Å². The van der Waals surface area contributed by atoms with E-state index in [1.165, 1.54) is 16.0 Å². The van der Waals surface area contributed by atoms with Gasteiger partial charge in [-0.3, -0.25) is 9.78 Å². The van der Waals surface area contributed by atoms with E-state index in [2.05, 4.69) is 72.9 Å². The molecular formula is C25H24N2OS. The zero-order valence-corrected chi connectivity index (χ0v) is 17.8. The van der Waals surface area contributed by atoms with Crippen LogP contribution in [0.25, 0.3) is 10.9 Å². The lowest BCUT2D eigenvalue weighted by molar-refractivity contribution is -0.118. The predicted octanol–water partition coefficient (Wildman–Crippen LogP) is 6.16. The summed E-state index contributed by atoms with van der Waals surface area (Å²) in [4.78, 5) is 19.2. The highest BCUT2D eigenvalue weighted by atomic mass is 32.2. The first-order valence-corrected chi connectivity index (χ1v) is 11.2. The third-order valence-electron chi connectivity index (χ3n) is 6.06. The van der Waals surface area contributed by atoms with Gasteiger partial charge in [-0.1, -0.05) is 32.0 Å². The van der Waals surface area contributed by atoms with Gasteiger partial charge in [-0.15, -0.1) is 11.8 Å². The van der Waals surface area contributed by atoms with Crippen LogP contribution in [0.5, 0.6) is 0 Å². The third kappa shape index (κ3) is 3.06. The van der Waals surface area contributed by atoms with Crippen molar-refractivity contribution in [1.82, 2.24) is 4.98 Å². The van der Waals surface area contributed by atoms with E-state index < -0.39 is 0 Å². The molecule has 1 atom stereocenters. The molecule has 1 aliphatic heterocycles. The number of nitrogens with one attached hydrogen (secondary N) is 1.